The molecule has 4 N–H and O–H groups in total. The van der Waals surface area contributed by atoms with Gasteiger partial charge in [0.15, 0.2) is 29.3 Å². The lowest BCUT2D eigenvalue weighted by Crippen LogP contribution is -2.59. The van der Waals surface area contributed by atoms with Crippen LogP contribution in [0.5, 0.6) is 34.5 Å². The first kappa shape index (κ1) is 29.5. The zero-order valence-electron chi connectivity index (χ0n) is 23.9. The Morgan fingerprint density at radius 3 is 2.19 bits per heavy atom. The summed E-state index contributed by atoms with van der Waals surface area (Å²) in [4.78, 5) is 13.5. The molecule has 14 nitrogen and oxygen atoms in total. The summed E-state index contributed by atoms with van der Waals surface area (Å²) >= 11 is 0. The van der Waals surface area contributed by atoms with Crippen molar-refractivity contribution in [2.24, 2.45) is 11.8 Å². The summed E-state index contributed by atoms with van der Waals surface area (Å²) in [6, 6.07) is 5.27. The molecule has 14 heteroatoms. The predicted molar refractivity (Wildman–Crippen MR) is 143 cm³/mol. The predicted octanol–water partition coefficient (Wildman–Crippen LogP) is 0.242. The fourth-order valence-corrected chi connectivity index (χ4v) is 6.58. The molecule has 2 aromatic rings. The van der Waals surface area contributed by atoms with Gasteiger partial charge in [0.25, 0.3) is 0 Å². The van der Waals surface area contributed by atoms with Crippen molar-refractivity contribution >= 4 is 5.97 Å². The number of hydrogen-bond acceptors (Lipinski definition) is 14. The zero-order chi connectivity index (χ0) is 30.6. The minimum absolute atomic E-state index is 0.0381. The molecular formula is C29H34O14. The third kappa shape index (κ3) is 4.60. The Morgan fingerprint density at radius 1 is 0.860 bits per heavy atom. The molecule has 0 radical (unpaired) electrons. The number of aliphatic hydroxyl groups excluding tert-OH is 4. The lowest BCUT2D eigenvalue weighted by atomic mass is 9.65. The molecule has 3 heterocycles. The van der Waals surface area contributed by atoms with E-state index in [2.05, 4.69) is 0 Å². The van der Waals surface area contributed by atoms with Gasteiger partial charge in [0, 0.05) is 17.4 Å². The molecule has 0 saturated carbocycles. The fourth-order valence-electron chi connectivity index (χ4n) is 6.58. The average Bonchev–Trinajstić information content (AvgIpc) is 3.65. The highest BCUT2D eigenvalue weighted by Gasteiger charge is 2.56. The van der Waals surface area contributed by atoms with E-state index in [0.29, 0.717) is 45.4 Å². The van der Waals surface area contributed by atoms with Crippen molar-refractivity contribution in [3.63, 3.8) is 0 Å². The number of benzene rings is 2. The summed E-state index contributed by atoms with van der Waals surface area (Å²) in [7, 11) is 5.94. The lowest BCUT2D eigenvalue weighted by Gasteiger charge is -2.44. The van der Waals surface area contributed by atoms with Crippen LogP contribution in [0.3, 0.4) is 0 Å². The standard InChI is InChI=1S/C29H34O14/c1-35-14-5-11(6-15(36-2)25(14)37-3)18-12-7-16-26(41-10-40-16)27(38-4)20(12)24(13-9-39-28(34)19(13)18)43-29-23(33)22(32)21(31)17(8-30)42-29/h5-7,13,17-19,21-24,29-33H,8-10H2,1-4H3/t13-,17+,18+,19-,21+,22-,23+,24+,29-/m0/s1. The van der Waals surface area contributed by atoms with Crippen molar-refractivity contribution in [1.29, 1.82) is 0 Å². The molecule has 2 aromatic carbocycles. The molecule has 0 spiro atoms. The third-order valence-electron chi connectivity index (χ3n) is 8.59. The quantitative estimate of drug-likeness (QED) is 0.300. The highest BCUT2D eigenvalue weighted by atomic mass is 16.7. The van der Waals surface area contributed by atoms with E-state index in [9.17, 15) is 25.2 Å². The maximum absolute atomic E-state index is 13.5. The number of carbonyl (C=O) groups excluding carboxylic acids is 1. The van der Waals surface area contributed by atoms with Gasteiger partial charge in [0.1, 0.15) is 24.4 Å². The second-order valence-electron chi connectivity index (χ2n) is 10.7. The number of esters is 1. The van der Waals surface area contributed by atoms with E-state index < -0.39 is 67.1 Å². The van der Waals surface area contributed by atoms with Gasteiger partial charge in [-0.15, -0.1) is 0 Å². The Hall–Kier alpha value is -3.53. The summed E-state index contributed by atoms with van der Waals surface area (Å²) in [6.07, 6.45) is -8.59. The van der Waals surface area contributed by atoms with Gasteiger partial charge in [0.05, 0.1) is 53.7 Å². The highest BCUT2D eigenvalue weighted by molar-refractivity contribution is 5.79. The maximum Gasteiger partial charge on any atom is 0.310 e. The molecular weight excluding hydrogens is 572 g/mol. The van der Waals surface area contributed by atoms with Gasteiger partial charge in [-0.05, 0) is 29.3 Å². The van der Waals surface area contributed by atoms with E-state index in [1.54, 1.807) is 18.2 Å². The molecule has 2 saturated heterocycles. The molecule has 0 unspecified atom stereocenters. The Bertz CT molecular complexity index is 1350. The van der Waals surface area contributed by atoms with Gasteiger partial charge in [0.2, 0.25) is 18.3 Å². The van der Waals surface area contributed by atoms with Gasteiger partial charge < -0.3 is 63.1 Å². The Kier molecular flexibility index (Phi) is 7.91. The first-order valence-electron chi connectivity index (χ1n) is 13.7. The Morgan fingerprint density at radius 2 is 1.56 bits per heavy atom. The van der Waals surface area contributed by atoms with Crippen molar-refractivity contribution in [2.45, 2.75) is 42.7 Å². The first-order chi connectivity index (χ1) is 20.8. The monoisotopic (exact) mass is 606 g/mol. The third-order valence-corrected chi connectivity index (χ3v) is 8.59. The van der Waals surface area contributed by atoms with Crippen molar-refractivity contribution in [1.82, 2.24) is 0 Å². The number of rotatable bonds is 8. The summed E-state index contributed by atoms with van der Waals surface area (Å²) in [5.41, 5.74) is 1.73. The van der Waals surface area contributed by atoms with Crippen LogP contribution in [0.25, 0.3) is 0 Å². The fraction of sp³-hybridized carbons (Fsp3) is 0.552. The molecule has 43 heavy (non-hydrogen) atoms. The van der Waals surface area contributed by atoms with Crippen molar-refractivity contribution < 1.29 is 67.9 Å². The van der Waals surface area contributed by atoms with Gasteiger partial charge in [-0.3, -0.25) is 4.79 Å². The van der Waals surface area contributed by atoms with Crippen LogP contribution in [-0.2, 0) is 19.0 Å². The summed E-state index contributed by atoms with van der Waals surface area (Å²) in [5, 5.41) is 41.3. The number of cyclic esters (lactones) is 1. The van der Waals surface area contributed by atoms with Crippen LogP contribution in [0.4, 0.5) is 0 Å². The van der Waals surface area contributed by atoms with E-state index in [0.717, 1.165) is 0 Å². The van der Waals surface area contributed by atoms with Crippen LogP contribution in [0, 0.1) is 11.8 Å². The number of carbonyl (C=O) groups is 1. The average molecular weight is 607 g/mol. The van der Waals surface area contributed by atoms with Crippen LogP contribution >= 0.6 is 0 Å². The Balaban J connectivity index is 1.54. The zero-order valence-corrected chi connectivity index (χ0v) is 23.9. The molecule has 3 aliphatic heterocycles. The van der Waals surface area contributed by atoms with Gasteiger partial charge in [-0.2, -0.15) is 0 Å². The maximum atomic E-state index is 13.5. The molecule has 4 aliphatic rings. The molecule has 6 rings (SSSR count). The largest absolute Gasteiger partial charge is 0.493 e. The molecule has 0 aromatic heterocycles. The van der Waals surface area contributed by atoms with Gasteiger partial charge >= 0.3 is 5.97 Å². The second-order valence-corrected chi connectivity index (χ2v) is 10.7. The van der Waals surface area contributed by atoms with Crippen molar-refractivity contribution in [3.8, 4) is 34.5 Å². The molecule has 1 aliphatic carbocycles. The van der Waals surface area contributed by atoms with E-state index in [1.165, 1.54) is 28.4 Å². The molecule has 234 valence electrons. The normalized spacial score (nSPS) is 32.5. The summed E-state index contributed by atoms with van der Waals surface area (Å²) in [6.45, 7) is -0.731. The molecule has 0 amide bonds. The van der Waals surface area contributed by atoms with Crippen molar-refractivity contribution in [2.75, 3.05) is 48.4 Å². The highest BCUT2D eigenvalue weighted by Crippen LogP contribution is 2.60. The molecule has 2 fully saturated rings. The van der Waals surface area contributed by atoms with Gasteiger partial charge in [-0.1, -0.05) is 0 Å². The van der Waals surface area contributed by atoms with E-state index in [4.69, 9.17) is 42.6 Å². The van der Waals surface area contributed by atoms with Crippen LogP contribution < -0.4 is 28.4 Å². The Labute approximate surface area is 246 Å². The second kappa shape index (κ2) is 11.5. The summed E-state index contributed by atoms with van der Waals surface area (Å²) < 4.78 is 51.7. The van der Waals surface area contributed by atoms with Crippen LogP contribution in [0.2, 0.25) is 0 Å². The van der Waals surface area contributed by atoms with E-state index in [-0.39, 0.29) is 19.1 Å². The molecule has 0 bridgehead atoms. The number of fused-ring (bicyclic) bond motifs is 3. The minimum Gasteiger partial charge on any atom is -0.493 e. The SMILES string of the molecule is COc1cc([C@@H]2c3cc4c(c(OC)c3[C@H](O[C@@H]3O[C@H](CO)[C@@H](O)[C@H](O)[C@H]3O)[C@H]3COC(=O)[C@H]23)OCO4)cc(OC)c1OC. The lowest BCUT2D eigenvalue weighted by molar-refractivity contribution is -0.317. The van der Waals surface area contributed by atoms with Crippen molar-refractivity contribution in [3.05, 3.63) is 34.9 Å². The number of hydrogen-bond donors (Lipinski definition) is 4. The number of aliphatic hydroxyl groups is 4. The van der Waals surface area contributed by atoms with E-state index >= 15 is 0 Å². The first-order valence-corrected chi connectivity index (χ1v) is 13.7. The number of ether oxygens (including phenoxy) is 9. The topological polar surface area (TPSA) is 181 Å². The molecule has 9 atom stereocenters. The van der Waals surface area contributed by atoms with Gasteiger partial charge in [-0.25, -0.2) is 0 Å². The van der Waals surface area contributed by atoms with Crippen LogP contribution in [-0.4, -0.2) is 106 Å². The summed E-state index contributed by atoms with van der Waals surface area (Å²) in [5.74, 6) is -0.392. The minimum atomic E-state index is -1.68. The van der Waals surface area contributed by atoms with Crippen LogP contribution in [0.15, 0.2) is 18.2 Å². The number of methoxy groups -OCH3 is 4. The smallest absolute Gasteiger partial charge is 0.310 e. The van der Waals surface area contributed by atoms with Crippen LogP contribution in [0.1, 0.15) is 28.7 Å². The van der Waals surface area contributed by atoms with E-state index in [1.807, 2.05) is 0 Å².